The van der Waals surface area contributed by atoms with Gasteiger partial charge in [-0.3, -0.25) is 0 Å². The molecule has 4 nitrogen and oxygen atoms in total. The molecular weight excluding hydrogens is 410 g/mol. The van der Waals surface area contributed by atoms with Crippen molar-refractivity contribution in [1.82, 2.24) is 5.32 Å². The first kappa shape index (κ1) is 23.7. The zero-order valence-corrected chi connectivity index (χ0v) is 19.2. The first-order chi connectivity index (χ1) is 16.3. The van der Waals surface area contributed by atoms with Crippen molar-refractivity contribution in [3.05, 3.63) is 108 Å². The molecule has 1 saturated heterocycles. The second-order valence-electron chi connectivity index (χ2n) is 8.80. The molecule has 0 spiro atoms. The fourth-order valence-electron chi connectivity index (χ4n) is 4.34. The van der Waals surface area contributed by atoms with Crippen LogP contribution in [0.25, 0.3) is 0 Å². The lowest BCUT2D eigenvalue weighted by Crippen LogP contribution is -2.45. The fourth-order valence-corrected chi connectivity index (χ4v) is 4.34. The van der Waals surface area contributed by atoms with E-state index in [-0.39, 0.29) is 12.1 Å². The normalized spacial score (nSPS) is 20.5. The van der Waals surface area contributed by atoms with Gasteiger partial charge in [0.15, 0.2) is 0 Å². The quantitative estimate of drug-likeness (QED) is 0.376. The highest BCUT2D eigenvalue weighted by Gasteiger charge is 2.30. The summed E-state index contributed by atoms with van der Waals surface area (Å²) in [5.41, 5.74) is 3.60. The molecule has 4 rings (SSSR count). The van der Waals surface area contributed by atoms with Crippen molar-refractivity contribution in [2.75, 3.05) is 19.8 Å². The summed E-state index contributed by atoms with van der Waals surface area (Å²) in [5, 5.41) is 5.06. The lowest BCUT2D eigenvalue weighted by Gasteiger charge is -2.34. The maximum Gasteiger partial charge on any atom is 0.0717 e. The van der Waals surface area contributed by atoms with Gasteiger partial charge >= 0.3 is 0 Å². The maximum absolute atomic E-state index is 6.08. The molecule has 0 amide bonds. The molecule has 1 aliphatic rings. The van der Waals surface area contributed by atoms with Crippen LogP contribution in [0.2, 0.25) is 0 Å². The molecule has 2 atom stereocenters. The van der Waals surface area contributed by atoms with Crippen molar-refractivity contribution in [3.8, 4) is 0 Å². The molecule has 3 aromatic rings. The van der Waals surface area contributed by atoms with Crippen molar-refractivity contribution < 1.29 is 14.2 Å². The summed E-state index contributed by atoms with van der Waals surface area (Å²) in [6, 6.07) is 31.3. The van der Waals surface area contributed by atoms with Gasteiger partial charge in [0, 0.05) is 18.7 Å². The summed E-state index contributed by atoms with van der Waals surface area (Å²) in [4.78, 5) is 0. The summed E-state index contributed by atoms with van der Waals surface area (Å²) in [7, 11) is 0. The average Bonchev–Trinajstić information content (AvgIpc) is 2.86. The van der Waals surface area contributed by atoms with Crippen molar-refractivity contribution in [3.63, 3.8) is 0 Å². The van der Waals surface area contributed by atoms with Gasteiger partial charge in [-0.1, -0.05) is 91.0 Å². The number of nitrogens with zero attached hydrogens (tertiary/aromatic N) is 1. The summed E-state index contributed by atoms with van der Waals surface area (Å²) < 4.78 is 18.1. The van der Waals surface area contributed by atoms with Crippen LogP contribution < -0.4 is 5.32 Å². The van der Waals surface area contributed by atoms with Crippen LogP contribution >= 0.6 is 0 Å². The molecule has 3 aromatic carbocycles. The molecule has 173 valence electrons. The number of benzene rings is 3. The van der Waals surface area contributed by atoms with Crippen molar-refractivity contribution in [2.45, 2.75) is 44.7 Å². The van der Waals surface area contributed by atoms with E-state index in [2.05, 4.69) is 48.5 Å². The van der Waals surface area contributed by atoms with Crippen LogP contribution in [0.15, 0.2) is 91.0 Å². The zero-order chi connectivity index (χ0) is 22.6. The molecular formula is C29H34NO3. The van der Waals surface area contributed by atoms with Crippen molar-refractivity contribution in [2.24, 2.45) is 5.92 Å². The number of rotatable bonds is 12. The Bertz CT molecular complexity index is 775. The summed E-state index contributed by atoms with van der Waals surface area (Å²) >= 11 is 0. The van der Waals surface area contributed by atoms with Gasteiger partial charge in [0.05, 0.1) is 33.0 Å². The van der Waals surface area contributed by atoms with Crippen molar-refractivity contribution >= 4 is 0 Å². The highest BCUT2D eigenvalue weighted by molar-refractivity contribution is 5.14. The van der Waals surface area contributed by atoms with Gasteiger partial charge in [0.1, 0.15) is 0 Å². The Morgan fingerprint density at radius 3 is 1.27 bits per heavy atom. The molecule has 0 aliphatic carbocycles. The van der Waals surface area contributed by atoms with E-state index in [9.17, 15) is 0 Å². The molecule has 0 bridgehead atoms. The predicted octanol–water partition coefficient (Wildman–Crippen LogP) is 5.39. The Morgan fingerprint density at radius 2 is 0.879 bits per heavy atom. The summed E-state index contributed by atoms with van der Waals surface area (Å²) in [6.45, 7) is 3.92. The van der Waals surface area contributed by atoms with E-state index in [0.717, 1.165) is 19.4 Å². The van der Waals surface area contributed by atoms with Gasteiger partial charge in [-0.15, -0.1) is 0 Å². The van der Waals surface area contributed by atoms with Crippen LogP contribution in [0, 0.1) is 5.92 Å². The molecule has 1 fully saturated rings. The van der Waals surface area contributed by atoms with Crippen LogP contribution in [0.4, 0.5) is 0 Å². The standard InChI is InChI=1S/C29H34NO3/c1-4-10-24(11-5-1)18-31-21-27-16-28(22-32-19-25-12-6-2-7-13-25)30-29(17-27)23-33-20-26-14-8-3-9-15-26/h1-15,27-29H,16-23H2. The second kappa shape index (κ2) is 13.3. The largest absolute Gasteiger partial charge is 0.376 e. The minimum atomic E-state index is 0.179. The summed E-state index contributed by atoms with van der Waals surface area (Å²) in [5.74, 6) is 0.460. The third-order valence-corrected chi connectivity index (χ3v) is 5.94. The van der Waals surface area contributed by atoms with Crippen LogP contribution in [0.1, 0.15) is 29.5 Å². The van der Waals surface area contributed by atoms with Gasteiger partial charge in [-0.2, -0.15) is 0 Å². The Labute approximate surface area is 197 Å². The first-order valence-electron chi connectivity index (χ1n) is 11.9. The van der Waals surface area contributed by atoms with Crippen LogP contribution in [-0.2, 0) is 34.0 Å². The topological polar surface area (TPSA) is 41.8 Å². The Hall–Kier alpha value is -2.50. The van der Waals surface area contributed by atoms with Crippen LogP contribution in [-0.4, -0.2) is 31.9 Å². The lowest BCUT2D eigenvalue weighted by molar-refractivity contribution is 0.0136. The third-order valence-electron chi connectivity index (χ3n) is 5.94. The molecule has 33 heavy (non-hydrogen) atoms. The van der Waals surface area contributed by atoms with E-state index in [0.29, 0.717) is 39.0 Å². The number of hydrogen-bond donors (Lipinski definition) is 0. The van der Waals surface area contributed by atoms with E-state index >= 15 is 0 Å². The predicted molar refractivity (Wildman–Crippen MR) is 131 cm³/mol. The zero-order valence-electron chi connectivity index (χ0n) is 19.2. The van der Waals surface area contributed by atoms with Crippen LogP contribution in [0.5, 0.6) is 0 Å². The Kier molecular flexibility index (Phi) is 9.51. The monoisotopic (exact) mass is 444 g/mol. The van der Waals surface area contributed by atoms with Gasteiger partial charge in [0.25, 0.3) is 0 Å². The van der Waals surface area contributed by atoms with E-state index in [1.807, 2.05) is 42.5 Å². The highest BCUT2D eigenvalue weighted by Crippen LogP contribution is 2.24. The summed E-state index contributed by atoms with van der Waals surface area (Å²) in [6.07, 6.45) is 2.00. The number of hydrogen-bond acceptors (Lipinski definition) is 3. The van der Waals surface area contributed by atoms with Gasteiger partial charge in [-0.25, -0.2) is 5.32 Å². The van der Waals surface area contributed by atoms with Gasteiger partial charge in [0.2, 0.25) is 0 Å². The molecule has 1 aliphatic heterocycles. The SMILES string of the molecule is c1ccc(COCC2CC(COCc3ccccc3)[N]C(COCc3ccccc3)C2)cc1. The Balaban J connectivity index is 1.26. The molecule has 0 N–H and O–H groups in total. The lowest BCUT2D eigenvalue weighted by atomic mass is 9.88. The molecule has 0 saturated carbocycles. The van der Waals surface area contributed by atoms with Gasteiger partial charge in [-0.05, 0) is 35.4 Å². The third kappa shape index (κ3) is 8.41. The molecule has 2 unspecified atom stereocenters. The second-order valence-corrected chi connectivity index (χ2v) is 8.80. The number of piperidine rings is 1. The molecule has 0 aromatic heterocycles. The molecule has 1 radical (unpaired) electrons. The first-order valence-corrected chi connectivity index (χ1v) is 11.9. The molecule has 4 heteroatoms. The van der Waals surface area contributed by atoms with E-state index in [1.54, 1.807) is 0 Å². The smallest absolute Gasteiger partial charge is 0.0717 e. The van der Waals surface area contributed by atoms with E-state index in [4.69, 9.17) is 19.5 Å². The number of ether oxygens (including phenoxy) is 3. The minimum absolute atomic E-state index is 0.179. The highest BCUT2D eigenvalue weighted by atomic mass is 16.5. The van der Waals surface area contributed by atoms with Crippen LogP contribution in [0.3, 0.4) is 0 Å². The average molecular weight is 445 g/mol. The van der Waals surface area contributed by atoms with E-state index < -0.39 is 0 Å². The Morgan fingerprint density at radius 1 is 0.515 bits per heavy atom. The molecule has 1 heterocycles. The fraction of sp³-hybridized carbons (Fsp3) is 0.379. The van der Waals surface area contributed by atoms with E-state index in [1.165, 1.54) is 16.7 Å². The minimum Gasteiger partial charge on any atom is -0.376 e. The van der Waals surface area contributed by atoms with Crippen molar-refractivity contribution in [1.29, 1.82) is 0 Å². The van der Waals surface area contributed by atoms with Gasteiger partial charge < -0.3 is 14.2 Å². The maximum atomic E-state index is 6.08.